The molecule has 4 aliphatic heterocycles. The number of unbranched alkanes of at least 4 members (excludes halogenated alkanes) is 2. The first-order valence-corrected chi connectivity index (χ1v) is 32.3. The zero-order valence-electron chi connectivity index (χ0n) is 54.1. The van der Waals surface area contributed by atoms with Crippen LogP contribution in [0, 0.1) is 0 Å². The van der Waals surface area contributed by atoms with Crippen LogP contribution in [0.2, 0.25) is 0 Å². The average molecular weight is 1370 g/mol. The molecule has 0 aromatic rings. The molecule has 548 valence electrons. The van der Waals surface area contributed by atoms with Gasteiger partial charge in [-0.1, -0.05) is 0 Å². The lowest BCUT2D eigenvalue weighted by Crippen LogP contribution is -2.65. The third kappa shape index (κ3) is 30.3. The largest absolute Gasteiger partial charge is 0.394 e. The molecule has 19 atom stereocenters. The number of hydroxylamine groups is 1. The van der Waals surface area contributed by atoms with E-state index in [1.807, 2.05) is 0 Å². The fraction of sp³-hybridized carbons (Fsp3) is 0.862. The molecule has 19 N–H and O–H groups in total. The Hall–Kier alpha value is -5.08. The number of hydrogen-bond donors (Lipinski definition) is 19. The lowest BCUT2D eigenvalue weighted by molar-refractivity contribution is -0.286. The summed E-state index contributed by atoms with van der Waals surface area (Å²) in [5, 5.41) is 123. The van der Waals surface area contributed by atoms with Crippen molar-refractivity contribution in [3.63, 3.8) is 0 Å². The number of aliphatic hydroxyl groups is 10. The standard InChI is InChI=1S/C58H103N9O28/c1-32(71)65-46-52(83)49(80)36(28-68)92-56(46)89-22-6-4-11-40(74)59-16-8-18-61-42(76)13-24-86-31-39-55(88-26-15-44(78)63-20-10-21-64-95-58-48(67-34(3)73)54(85)51(82)38(30-70)94-58)35(27-45(79)91-39)87-25-14-43(77)62-19-9-17-60-41(75)12-5-7-23-90-57-47(66-33(2)72)53(84)50(81)37(29-69)93-57/h35-39,45-58,64,68-70,79-85H,4-31H2,1-3H3,(H,59,74)(H,60,75)(H,61,76)(H,62,77)(H,63,78)(H,65,71)(H,66,72)(H,67,73)/t35-,36-,37-,38-,39-,45-,46-,47-,48-,49+,50+,51+,52-,53-,54-,55+,56-,57-,58+/m1/s1. The van der Waals surface area contributed by atoms with Crippen molar-refractivity contribution < 1.29 is 137 Å². The number of ether oxygens (including phenoxy) is 9. The van der Waals surface area contributed by atoms with Crippen LogP contribution in [0.15, 0.2) is 0 Å². The minimum atomic E-state index is -1.51. The van der Waals surface area contributed by atoms with Crippen LogP contribution in [-0.4, -0.2) is 314 Å². The molecule has 4 saturated heterocycles. The highest BCUT2D eigenvalue weighted by Crippen LogP contribution is 2.27. The van der Waals surface area contributed by atoms with E-state index in [-0.39, 0.29) is 141 Å². The van der Waals surface area contributed by atoms with Gasteiger partial charge in [0.05, 0.1) is 52.4 Å². The number of rotatable bonds is 45. The average Bonchev–Trinajstić information content (AvgIpc) is 0.864. The zero-order valence-corrected chi connectivity index (χ0v) is 54.1. The summed E-state index contributed by atoms with van der Waals surface area (Å²) in [6.45, 7) is 2.86. The minimum absolute atomic E-state index is 0.0636. The first-order chi connectivity index (χ1) is 45.5. The Labute approximate surface area is 550 Å². The molecule has 0 unspecified atom stereocenters. The molecule has 37 heteroatoms. The first kappa shape index (κ1) is 82.3. The number of hydrogen-bond acceptors (Lipinski definition) is 29. The van der Waals surface area contributed by atoms with Crippen molar-refractivity contribution >= 4 is 47.3 Å². The molecule has 4 rings (SSSR count). The second kappa shape index (κ2) is 45.5. The molecular weight excluding hydrogens is 1270 g/mol. The Balaban J connectivity index is 1.16. The summed E-state index contributed by atoms with van der Waals surface area (Å²) in [5.74, 6) is -3.09. The van der Waals surface area contributed by atoms with Gasteiger partial charge in [0.2, 0.25) is 53.5 Å². The van der Waals surface area contributed by atoms with Gasteiger partial charge in [0.25, 0.3) is 0 Å². The maximum atomic E-state index is 12.9. The number of aliphatic hydroxyl groups excluding tert-OH is 10. The molecule has 4 fully saturated rings. The second-order valence-electron chi connectivity index (χ2n) is 23.2. The topological polar surface area (TPSA) is 539 Å². The Morgan fingerprint density at radius 1 is 0.389 bits per heavy atom. The van der Waals surface area contributed by atoms with E-state index in [0.717, 1.165) is 0 Å². The Morgan fingerprint density at radius 3 is 1.17 bits per heavy atom. The molecule has 0 aliphatic carbocycles. The predicted molar refractivity (Wildman–Crippen MR) is 323 cm³/mol. The summed E-state index contributed by atoms with van der Waals surface area (Å²) in [6, 6.07) is -3.33. The van der Waals surface area contributed by atoms with Gasteiger partial charge in [-0.3, -0.25) is 43.2 Å². The van der Waals surface area contributed by atoms with Crippen molar-refractivity contribution in [2.24, 2.45) is 0 Å². The van der Waals surface area contributed by atoms with Crippen molar-refractivity contribution in [2.45, 2.75) is 221 Å². The highest BCUT2D eigenvalue weighted by molar-refractivity contribution is 5.78. The lowest BCUT2D eigenvalue weighted by atomic mass is 9.97. The van der Waals surface area contributed by atoms with Crippen LogP contribution in [0.3, 0.4) is 0 Å². The van der Waals surface area contributed by atoms with Gasteiger partial charge in [-0.2, -0.15) is 5.48 Å². The third-order valence-electron chi connectivity index (χ3n) is 15.4. The summed E-state index contributed by atoms with van der Waals surface area (Å²) in [6.07, 6.45) is -17.1. The third-order valence-corrected chi connectivity index (χ3v) is 15.4. The Kier molecular flexibility index (Phi) is 39.4. The van der Waals surface area contributed by atoms with Gasteiger partial charge in [-0.15, -0.1) is 0 Å². The van der Waals surface area contributed by atoms with Gasteiger partial charge < -0.3 is 136 Å². The maximum Gasteiger partial charge on any atom is 0.222 e. The van der Waals surface area contributed by atoms with E-state index >= 15 is 0 Å². The van der Waals surface area contributed by atoms with Crippen LogP contribution in [0.1, 0.15) is 104 Å². The molecule has 0 saturated carbocycles. The van der Waals surface area contributed by atoms with Crippen molar-refractivity contribution in [3.05, 3.63) is 0 Å². The van der Waals surface area contributed by atoms with Gasteiger partial charge >= 0.3 is 0 Å². The molecule has 37 nitrogen and oxygen atoms in total. The van der Waals surface area contributed by atoms with Crippen LogP contribution < -0.4 is 48.0 Å². The molecule has 0 aromatic heterocycles. The molecular formula is C58H103N9O28. The van der Waals surface area contributed by atoms with E-state index in [1.54, 1.807) is 0 Å². The van der Waals surface area contributed by atoms with E-state index in [4.69, 9.17) is 47.5 Å². The predicted octanol–water partition coefficient (Wildman–Crippen LogP) is -8.47. The van der Waals surface area contributed by atoms with E-state index in [1.165, 1.54) is 20.8 Å². The van der Waals surface area contributed by atoms with Crippen molar-refractivity contribution in [3.8, 4) is 0 Å². The quantitative estimate of drug-likeness (QED) is 0.0199. The minimum Gasteiger partial charge on any atom is -0.394 e. The molecule has 0 aromatic carbocycles. The summed E-state index contributed by atoms with van der Waals surface area (Å²) >= 11 is 0. The Bertz CT molecular complexity index is 2290. The monoisotopic (exact) mass is 1370 g/mol. The van der Waals surface area contributed by atoms with E-state index in [9.17, 15) is 89.4 Å². The van der Waals surface area contributed by atoms with Crippen LogP contribution in [0.4, 0.5) is 0 Å². The van der Waals surface area contributed by atoms with Crippen molar-refractivity contribution in [2.75, 3.05) is 98.7 Å². The van der Waals surface area contributed by atoms with Crippen LogP contribution in [0.5, 0.6) is 0 Å². The highest BCUT2D eigenvalue weighted by Gasteiger charge is 2.48. The first-order valence-electron chi connectivity index (χ1n) is 32.3. The van der Waals surface area contributed by atoms with Gasteiger partial charge in [0.15, 0.2) is 18.9 Å². The van der Waals surface area contributed by atoms with Gasteiger partial charge in [-0.05, 0) is 44.9 Å². The number of carbonyl (C=O) groups is 8. The van der Waals surface area contributed by atoms with Crippen molar-refractivity contribution in [1.29, 1.82) is 0 Å². The smallest absolute Gasteiger partial charge is 0.222 e. The molecule has 4 heterocycles. The zero-order chi connectivity index (χ0) is 69.8. The summed E-state index contributed by atoms with van der Waals surface area (Å²) < 4.78 is 51.8. The second-order valence-corrected chi connectivity index (χ2v) is 23.2. The molecule has 4 aliphatic rings. The molecule has 0 spiro atoms. The van der Waals surface area contributed by atoms with Gasteiger partial charge in [0, 0.05) is 112 Å². The molecule has 8 amide bonds. The van der Waals surface area contributed by atoms with Crippen LogP contribution >= 0.6 is 0 Å². The van der Waals surface area contributed by atoms with Crippen LogP contribution in [0.25, 0.3) is 0 Å². The maximum absolute atomic E-state index is 12.9. The van der Waals surface area contributed by atoms with Gasteiger partial charge in [-0.25, -0.2) is 0 Å². The van der Waals surface area contributed by atoms with E-state index < -0.39 is 160 Å². The number of nitrogens with one attached hydrogen (secondary N) is 9. The Morgan fingerprint density at radius 2 is 0.758 bits per heavy atom. The van der Waals surface area contributed by atoms with Gasteiger partial charge in [0.1, 0.15) is 85.3 Å². The highest BCUT2D eigenvalue weighted by atomic mass is 16.8. The number of amides is 8. The number of carbonyl (C=O) groups excluding carboxylic acids is 8. The molecule has 0 radical (unpaired) electrons. The fourth-order valence-corrected chi connectivity index (χ4v) is 10.4. The SMILES string of the molecule is CC(=O)N[C@H]1[C@H](OCCCCC(=O)NCCCNC(=O)CCOC[C@H]2O[C@@H](O)C[C@@H](OCCC(=O)NCCCNC(=O)CCCCO[C@@H]3O[C@H](CO)[C@H](O)[C@H](O)[C@H]3NC(C)=O)[C@@H]2OCCC(=O)NCCCNO[C@@H]2O[C@H](CO)[C@H](O)[C@H](O)[C@H]2NC(C)=O)O[C@H](CO)[C@H](O)[C@@H]1O. The van der Waals surface area contributed by atoms with E-state index in [2.05, 4.69) is 48.0 Å². The lowest BCUT2D eigenvalue weighted by Gasteiger charge is -2.42. The fourth-order valence-electron chi connectivity index (χ4n) is 10.4. The van der Waals surface area contributed by atoms with Crippen molar-refractivity contribution in [1.82, 2.24) is 48.0 Å². The normalized spacial score (nSPS) is 29.9. The van der Waals surface area contributed by atoms with Crippen LogP contribution in [-0.2, 0) is 85.8 Å². The summed E-state index contributed by atoms with van der Waals surface area (Å²) in [4.78, 5) is 104. The van der Waals surface area contributed by atoms with E-state index in [0.29, 0.717) is 44.9 Å². The molecule has 0 bridgehead atoms. The molecule has 95 heavy (non-hydrogen) atoms. The summed E-state index contributed by atoms with van der Waals surface area (Å²) in [5.41, 5.74) is 2.63. The summed E-state index contributed by atoms with van der Waals surface area (Å²) in [7, 11) is 0.